The summed E-state index contributed by atoms with van der Waals surface area (Å²) < 4.78 is 4.90. The van der Waals surface area contributed by atoms with Gasteiger partial charge in [0, 0.05) is 6.20 Å². The smallest absolute Gasteiger partial charge is 0.348 e. The molecule has 0 radical (unpaired) electrons. The molecule has 19 heavy (non-hydrogen) atoms. The fourth-order valence-electron chi connectivity index (χ4n) is 1.42. The lowest BCUT2D eigenvalue weighted by Crippen LogP contribution is -2.13. The lowest BCUT2D eigenvalue weighted by Gasteiger charge is -2.01. The first-order valence-electron chi connectivity index (χ1n) is 5.52. The van der Waals surface area contributed by atoms with E-state index in [1.165, 1.54) is 13.0 Å². The number of thiophene rings is 1. The number of ketones is 2. The minimum absolute atomic E-state index is 0.105. The van der Waals surface area contributed by atoms with Gasteiger partial charge in [-0.15, -0.1) is 11.3 Å². The molecule has 0 saturated heterocycles. The Kier molecular flexibility index (Phi) is 3.91. The first-order chi connectivity index (χ1) is 9.08. The molecule has 0 atom stereocenters. The van der Waals surface area contributed by atoms with Gasteiger partial charge in [-0.05, 0) is 31.2 Å². The van der Waals surface area contributed by atoms with Gasteiger partial charge in [-0.3, -0.25) is 9.59 Å². The van der Waals surface area contributed by atoms with Crippen molar-refractivity contribution >= 4 is 28.9 Å². The number of aromatic nitrogens is 1. The van der Waals surface area contributed by atoms with Crippen LogP contribution in [-0.4, -0.2) is 29.1 Å². The van der Waals surface area contributed by atoms with Gasteiger partial charge in [0.05, 0.1) is 10.6 Å². The standard InChI is InChI=1S/C13H11NO4S/c1-8(15)11-4-5-12(19-11)13(17)18-7-10(16)9-3-2-6-14-9/h2-6,14H,7H2,1H3. The molecule has 0 fully saturated rings. The van der Waals surface area contributed by atoms with E-state index >= 15 is 0 Å². The van der Waals surface area contributed by atoms with Crippen LogP contribution in [0.1, 0.15) is 36.8 Å². The Morgan fingerprint density at radius 2 is 1.95 bits per heavy atom. The van der Waals surface area contributed by atoms with Crippen LogP contribution in [0.15, 0.2) is 30.5 Å². The lowest BCUT2D eigenvalue weighted by molar-refractivity contribution is 0.0478. The van der Waals surface area contributed by atoms with Crippen molar-refractivity contribution in [2.75, 3.05) is 6.61 Å². The van der Waals surface area contributed by atoms with Crippen LogP contribution >= 0.6 is 11.3 Å². The number of H-pyrrole nitrogens is 1. The van der Waals surface area contributed by atoms with Gasteiger partial charge in [-0.2, -0.15) is 0 Å². The average molecular weight is 277 g/mol. The van der Waals surface area contributed by atoms with Gasteiger partial charge < -0.3 is 9.72 Å². The molecule has 2 aromatic heterocycles. The van der Waals surface area contributed by atoms with Crippen LogP contribution in [0.25, 0.3) is 0 Å². The molecule has 0 aliphatic rings. The van der Waals surface area contributed by atoms with Gasteiger partial charge in [0.1, 0.15) is 4.88 Å². The Labute approximate surface area is 113 Å². The normalized spacial score (nSPS) is 10.2. The van der Waals surface area contributed by atoms with E-state index < -0.39 is 5.97 Å². The number of carbonyl (C=O) groups excluding carboxylic acids is 3. The monoisotopic (exact) mass is 277 g/mol. The summed E-state index contributed by atoms with van der Waals surface area (Å²) in [5.74, 6) is -1.01. The fraction of sp³-hybridized carbons (Fsp3) is 0.154. The first-order valence-corrected chi connectivity index (χ1v) is 6.34. The molecule has 2 aromatic rings. The third kappa shape index (κ3) is 3.17. The van der Waals surface area contributed by atoms with Gasteiger partial charge in [-0.1, -0.05) is 0 Å². The first kappa shape index (κ1) is 13.2. The number of hydrogen-bond donors (Lipinski definition) is 1. The van der Waals surface area contributed by atoms with Crippen molar-refractivity contribution in [1.82, 2.24) is 4.98 Å². The van der Waals surface area contributed by atoms with E-state index in [1.807, 2.05) is 0 Å². The maximum absolute atomic E-state index is 11.7. The summed E-state index contributed by atoms with van der Waals surface area (Å²) in [6.45, 7) is 1.10. The SMILES string of the molecule is CC(=O)c1ccc(C(=O)OCC(=O)c2ccc[nH]2)s1. The van der Waals surface area contributed by atoms with Gasteiger partial charge in [-0.25, -0.2) is 4.79 Å². The van der Waals surface area contributed by atoms with Crippen molar-refractivity contribution in [2.24, 2.45) is 0 Å². The summed E-state index contributed by atoms with van der Waals surface area (Å²) in [7, 11) is 0. The van der Waals surface area contributed by atoms with Crippen molar-refractivity contribution in [3.63, 3.8) is 0 Å². The molecular formula is C13H11NO4S. The van der Waals surface area contributed by atoms with E-state index in [-0.39, 0.29) is 18.2 Å². The van der Waals surface area contributed by atoms with E-state index in [0.29, 0.717) is 15.4 Å². The van der Waals surface area contributed by atoms with Crippen molar-refractivity contribution in [3.8, 4) is 0 Å². The molecule has 2 rings (SSSR count). The highest BCUT2D eigenvalue weighted by Gasteiger charge is 2.15. The third-order valence-corrected chi connectivity index (χ3v) is 3.55. The number of esters is 1. The molecule has 0 aliphatic carbocycles. The van der Waals surface area contributed by atoms with Crippen molar-refractivity contribution in [1.29, 1.82) is 0 Å². The summed E-state index contributed by atoms with van der Waals surface area (Å²) in [5.41, 5.74) is 0.392. The minimum atomic E-state index is -0.600. The van der Waals surface area contributed by atoms with Gasteiger partial charge >= 0.3 is 5.97 Å². The van der Waals surface area contributed by atoms with Gasteiger partial charge in [0.25, 0.3) is 0 Å². The van der Waals surface area contributed by atoms with Crippen LogP contribution in [0.5, 0.6) is 0 Å². The average Bonchev–Trinajstić information content (AvgIpc) is 3.05. The zero-order valence-corrected chi connectivity index (χ0v) is 11.0. The summed E-state index contributed by atoms with van der Waals surface area (Å²) in [6.07, 6.45) is 1.62. The molecule has 6 heteroatoms. The molecule has 0 aromatic carbocycles. The Morgan fingerprint density at radius 1 is 1.21 bits per heavy atom. The van der Waals surface area contributed by atoms with Crippen molar-refractivity contribution in [3.05, 3.63) is 45.9 Å². The Morgan fingerprint density at radius 3 is 2.53 bits per heavy atom. The second-order valence-electron chi connectivity index (χ2n) is 3.80. The molecule has 0 saturated carbocycles. The maximum Gasteiger partial charge on any atom is 0.348 e. The molecule has 2 heterocycles. The molecule has 5 nitrogen and oxygen atoms in total. The molecule has 0 spiro atoms. The molecular weight excluding hydrogens is 266 g/mol. The summed E-state index contributed by atoms with van der Waals surface area (Å²) in [4.78, 5) is 37.9. The van der Waals surface area contributed by atoms with Gasteiger partial charge in [0.2, 0.25) is 5.78 Å². The highest BCUT2D eigenvalue weighted by Crippen LogP contribution is 2.17. The van der Waals surface area contributed by atoms with Crippen LogP contribution in [-0.2, 0) is 4.74 Å². The molecule has 98 valence electrons. The van der Waals surface area contributed by atoms with Crippen LogP contribution in [0.4, 0.5) is 0 Å². The summed E-state index contributed by atoms with van der Waals surface area (Å²) in [5, 5.41) is 0. The number of nitrogens with one attached hydrogen (secondary N) is 1. The largest absolute Gasteiger partial charge is 0.453 e. The van der Waals surface area contributed by atoms with E-state index in [2.05, 4.69) is 4.98 Å². The molecule has 1 N–H and O–H groups in total. The number of Topliss-reactive ketones (excluding diaryl/α,β-unsaturated/α-hetero) is 2. The Bertz CT molecular complexity index is 612. The van der Waals surface area contributed by atoms with E-state index in [9.17, 15) is 14.4 Å². The zero-order chi connectivity index (χ0) is 13.8. The number of carbonyl (C=O) groups is 3. The van der Waals surface area contributed by atoms with E-state index in [0.717, 1.165) is 11.3 Å². The topological polar surface area (TPSA) is 76.2 Å². The lowest BCUT2D eigenvalue weighted by atomic mass is 10.3. The Hall–Kier alpha value is -2.21. The number of aromatic amines is 1. The second kappa shape index (κ2) is 5.62. The maximum atomic E-state index is 11.7. The highest BCUT2D eigenvalue weighted by molar-refractivity contribution is 7.15. The quantitative estimate of drug-likeness (QED) is 0.672. The van der Waals surface area contributed by atoms with Crippen LogP contribution < -0.4 is 0 Å². The van der Waals surface area contributed by atoms with E-state index in [4.69, 9.17) is 4.74 Å². The van der Waals surface area contributed by atoms with Gasteiger partial charge in [0.15, 0.2) is 12.4 Å². The molecule has 0 amide bonds. The summed E-state index contributed by atoms with van der Waals surface area (Å²) >= 11 is 1.06. The second-order valence-corrected chi connectivity index (χ2v) is 4.89. The predicted octanol–water partition coefficient (Wildman–Crippen LogP) is 2.32. The predicted molar refractivity (Wildman–Crippen MR) is 69.7 cm³/mol. The number of hydrogen-bond acceptors (Lipinski definition) is 5. The minimum Gasteiger partial charge on any atom is -0.453 e. The highest BCUT2D eigenvalue weighted by atomic mass is 32.1. The van der Waals surface area contributed by atoms with Crippen molar-refractivity contribution in [2.45, 2.75) is 6.92 Å². The summed E-state index contributed by atoms with van der Waals surface area (Å²) in [6, 6.07) is 6.38. The Balaban J connectivity index is 1.94. The fourth-order valence-corrected chi connectivity index (χ4v) is 2.22. The molecule has 0 bridgehead atoms. The number of ether oxygens (including phenoxy) is 1. The number of rotatable bonds is 5. The zero-order valence-electron chi connectivity index (χ0n) is 10.1. The molecule has 0 unspecified atom stereocenters. The van der Waals surface area contributed by atoms with E-state index in [1.54, 1.807) is 24.4 Å². The van der Waals surface area contributed by atoms with Crippen LogP contribution in [0.2, 0.25) is 0 Å². The van der Waals surface area contributed by atoms with Crippen LogP contribution in [0.3, 0.4) is 0 Å². The van der Waals surface area contributed by atoms with Crippen molar-refractivity contribution < 1.29 is 19.1 Å². The van der Waals surface area contributed by atoms with Crippen LogP contribution in [0, 0.1) is 0 Å². The third-order valence-electron chi connectivity index (χ3n) is 2.39. The molecule has 0 aliphatic heterocycles.